The molecule has 1 saturated heterocycles. The zero-order chi connectivity index (χ0) is 12.8. The first-order chi connectivity index (χ1) is 8.81. The van der Waals surface area contributed by atoms with Gasteiger partial charge in [0.1, 0.15) is 5.75 Å². The fourth-order valence-corrected chi connectivity index (χ4v) is 2.46. The molecule has 0 spiro atoms. The minimum atomic E-state index is 0.270. The molecular weight excluding hydrogens is 228 g/mol. The Bertz CT molecular complexity index is 371. The first-order valence-electron chi connectivity index (χ1n) is 6.63. The van der Waals surface area contributed by atoms with E-state index in [4.69, 9.17) is 10.5 Å². The summed E-state index contributed by atoms with van der Waals surface area (Å²) in [7, 11) is 0. The third-order valence-corrected chi connectivity index (χ3v) is 3.48. The molecule has 0 amide bonds. The molecule has 1 unspecified atom stereocenters. The van der Waals surface area contributed by atoms with Crippen LogP contribution in [-0.4, -0.2) is 42.4 Å². The number of nitrogens with zero attached hydrogens (tertiary/aromatic N) is 1. The van der Waals surface area contributed by atoms with Gasteiger partial charge >= 0.3 is 0 Å². The number of nitrogens with two attached hydrogens (primary N) is 1. The van der Waals surface area contributed by atoms with Crippen LogP contribution in [0.15, 0.2) is 24.3 Å². The van der Waals surface area contributed by atoms with Crippen molar-refractivity contribution in [1.82, 2.24) is 4.90 Å². The number of para-hydroxylation sites is 2. The maximum Gasteiger partial charge on any atom is 0.142 e. The van der Waals surface area contributed by atoms with Crippen LogP contribution >= 0.6 is 0 Å². The summed E-state index contributed by atoms with van der Waals surface area (Å²) in [6, 6.07) is 7.91. The van der Waals surface area contributed by atoms with Crippen LogP contribution in [0.2, 0.25) is 0 Å². The first kappa shape index (κ1) is 13.2. The molecule has 0 aromatic heterocycles. The van der Waals surface area contributed by atoms with Crippen molar-refractivity contribution in [3.8, 4) is 5.75 Å². The minimum absolute atomic E-state index is 0.270. The lowest BCUT2D eigenvalue weighted by molar-refractivity contribution is 0.151. The van der Waals surface area contributed by atoms with Crippen LogP contribution in [0, 0.1) is 0 Å². The molecule has 2 rings (SSSR count). The van der Waals surface area contributed by atoms with Crippen molar-refractivity contribution in [3.63, 3.8) is 0 Å². The van der Waals surface area contributed by atoms with Crippen LogP contribution in [0.5, 0.6) is 5.75 Å². The molecule has 1 fully saturated rings. The van der Waals surface area contributed by atoms with Gasteiger partial charge in [-0.15, -0.1) is 0 Å². The summed E-state index contributed by atoms with van der Waals surface area (Å²) in [4.78, 5) is 2.34. The van der Waals surface area contributed by atoms with Crippen molar-refractivity contribution < 1.29 is 9.84 Å². The summed E-state index contributed by atoms with van der Waals surface area (Å²) >= 11 is 0. The molecular formula is C14H22N2O2. The Balaban J connectivity index is 1.68. The smallest absolute Gasteiger partial charge is 0.142 e. The minimum Gasteiger partial charge on any atom is -0.491 e. The van der Waals surface area contributed by atoms with Gasteiger partial charge in [0.2, 0.25) is 0 Å². The lowest BCUT2D eigenvalue weighted by Gasteiger charge is -2.22. The Labute approximate surface area is 108 Å². The molecule has 0 bridgehead atoms. The summed E-state index contributed by atoms with van der Waals surface area (Å²) < 4.78 is 5.65. The van der Waals surface area contributed by atoms with Gasteiger partial charge in [0.05, 0.1) is 18.9 Å². The van der Waals surface area contributed by atoms with Crippen molar-refractivity contribution in [2.75, 3.05) is 32.0 Å². The summed E-state index contributed by atoms with van der Waals surface area (Å²) in [6.45, 7) is 3.02. The fourth-order valence-electron chi connectivity index (χ4n) is 2.46. The molecule has 1 aromatic carbocycles. The summed E-state index contributed by atoms with van der Waals surface area (Å²) in [5.41, 5.74) is 6.49. The van der Waals surface area contributed by atoms with E-state index in [1.54, 1.807) is 0 Å². The number of hydrogen-bond acceptors (Lipinski definition) is 4. The van der Waals surface area contributed by atoms with Crippen molar-refractivity contribution in [2.24, 2.45) is 0 Å². The molecule has 0 radical (unpaired) electrons. The Morgan fingerprint density at radius 2 is 2.22 bits per heavy atom. The van der Waals surface area contributed by atoms with E-state index in [-0.39, 0.29) is 6.61 Å². The zero-order valence-electron chi connectivity index (χ0n) is 10.7. The average molecular weight is 250 g/mol. The Hall–Kier alpha value is -1.26. The zero-order valence-corrected chi connectivity index (χ0v) is 10.7. The number of hydrogen-bond donors (Lipinski definition) is 2. The van der Waals surface area contributed by atoms with E-state index >= 15 is 0 Å². The van der Waals surface area contributed by atoms with E-state index in [9.17, 15) is 5.11 Å². The van der Waals surface area contributed by atoms with E-state index < -0.39 is 0 Å². The lowest BCUT2D eigenvalue weighted by Crippen LogP contribution is -2.33. The van der Waals surface area contributed by atoms with Crippen LogP contribution in [0.4, 0.5) is 5.69 Å². The Morgan fingerprint density at radius 3 is 3.00 bits per heavy atom. The molecule has 3 N–H and O–H groups in total. The summed E-state index contributed by atoms with van der Waals surface area (Å²) in [6.07, 6.45) is 3.27. The number of likely N-dealkylation sites (tertiary alicyclic amines) is 1. The van der Waals surface area contributed by atoms with Gasteiger partial charge in [-0.3, -0.25) is 4.90 Å². The number of rotatable bonds is 6. The predicted molar refractivity (Wildman–Crippen MR) is 72.6 cm³/mol. The van der Waals surface area contributed by atoms with Crippen molar-refractivity contribution in [2.45, 2.75) is 25.3 Å². The quantitative estimate of drug-likeness (QED) is 0.593. The molecule has 4 nitrogen and oxygen atoms in total. The van der Waals surface area contributed by atoms with E-state index in [1.807, 2.05) is 24.3 Å². The molecule has 0 aliphatic carbocycles. The predicted octanol–water partition coefficient (Wildman–Crippen LogP) is 1.49. The van der Waals surface area contributed by atoms with Gasteiger partial charge in [-0.2, -0.15) is 0 Å². The van der Waals surface area contributed by atoms with E-state index in [1.165, 1.54) is 6.42 Å². The first-order valence-corrected chi connectivity index (χ1v) is 6.63. The highest BCUT2D eigenvalue weighted by Gasteiger charge is 2.22. The Morgan fingerprint density at radius 1 is 1.39 bits per heavy atom. The van der Waals surface area contributed by atoms with Gasteiger partial charge in [-0.25, -0.2) is 0 Å². The van der Waals surface area contributed by atoms with Gasteiger partial charge in [-0.1, -0.05) is 12.1 Å². The highest BCUT2D eigenvalue weighted by molar-refractivity contribution is 5.51. The largest absolute Gasteiger partial charge is 0.491 e. The number of benzene rings is 1. The molecule has 1 atom stereocenters. The Kier molecular flexibility index (Phi) is 4.84. The van der Waals surface area contributed by atoms with Gasteiger partial charge < -0.3 is 15.6 Å². The molecule has 100 valence electrons. The van der Waals surface area contributed by atoms with E-state index in [2.05, 4.69) is 4.90 Å². The molecule has 1 aliphatic heterocycles. The second kappa shape index (κ2) is 6.61. The molecule has 1 heterocycles. The van der Waals surface area contributed by atoms with Gasteiger partial charge in [0.25, 0.3) is 0 Å². The maximum atomic E-state index is 9.22. The highest BCUT2D eigenvalue weighted by Crippen LogP contribution is 2.20. The second-order valence-electron chi connectivity index (χ2n) is 4.75. The lowest BCUT2D eigenvalue weighted by atomic mass is 10.2. The fraction of sp³-hybridized carbons (Fsp3) is 0.571. The molecule has 1 aliphatic rings. The second-order valence-corrected chi connectivity index (χ2v) is 4.75. The standard InChI is InChI=1S/C14H22N2O2/c15-13-6-1-2-7-14(13)18-10-4-9-16-8-3-5-12(16)11-17/h1-2,6-7,12,17H,3-5,8-11,15H2. The molecule has 4 heteroatoms. The van der Waals surface area contributed by atoms with E-state index in [0.717, 1.165) is 31.7 Å². The monoisotopic (exact) mass is 250 g/mol. The third kappa shape index (κ3) is 3.37. The third-order valence-electron chi connectivity index (χ3n) is 3.48. The van der Waals surface area contributed by atoms with Gasteiger partial charge in [0, 0.05) is 12.6 Å². The number of nitrogen functional groups attached to an aromatic ring is 1. The topological polar surface area (TPSA) is 58.7 Å². The number of ether oxygens (including phenoxy) is 1. The number of aliphatic hydroxyl groups is 1. The van der Waals surface area contributed by atoms with Crippen molar-refractivity contribution in [3.05, 3.63) is 24.3 Å². The van der Waals surface area contributed by atoms with Crippen LogP contribution in [0.1, 0.15) is 19.3 Å². The van der Waals surface area contributed by atoms with E-state index in [0.29, 0.717) is 18.3 Å². The highest BCUT2D eigenvalue weighted by atomic mass is 16.5. The average Bonchev–Trinajstić information content (AvgIpc) is 2.84. The molecule has 1 aromatic rings. The van der Waals surface area contributed by atoms with Crippen molar-refractivity contribution in [1.29, 1.82) is 0 Å². The van der Waals surface area contributed by atoms with Gasteiger partial charge in [-0.05, 0) is 37.9 Å². The van der Waals surface area contributed by atoms with Gasteiger partial charge in [0.15, 0.2) is 0 Å². The van der Waals surface area contributed by atoms with Crippen LogP contribution in [-0.2, 0) is 0 Å². The van der Waals surface area contributed by atoms with Crippen LogP contribution in [0.3, 0.4) is 0 Å². The maximum absolute atomic E-state index is 9.22. The molecule has 18 heavy (non-hydrogen) atoms. The normalized spacial score (nSPS) is 20.2. The van der Waals surface area contributed by atoms with Crippen LogP contribution in [0.25, 0.3) is 0 Å². The van der Waals surface area contributed by atoms with Crippen molar-refractivity contribution >= 4 is 5.69 Å². The number of anilines is 1. The summed E-state index contributed by atoms with van der Waals surface area (Å²) in [5.74, 6) is 0.762. The van der Waals surface area contributed by atoms with Crippen LogP contribution < -0.4 is 10.5 Å². The number of aliphatic hydroxyl groups excluding tert-OH is 1. The summed E-state index contributed by atoms with van der Waals surface area (Å²) in [5, 5.41) is 9.22. The SMILES string of the molecule is Nc1ccccc1OCCCN1CCCC1CO. The molecule has 0 saturated carbocycles.